The summed E-state index contributed by atoms with van der Waals surface area (Å²) in [5, 5.41) is 0.0965. The maximum Gasteiger partial charge on any atom is 0.379 e. The summed E-state index contributed by atoms with van der Waals surface area (Å²) in [5.74, 6) is 0. The molecule has 1 aliphatic carbocycles. The Morgan fingerprint density at radius 1 is 1.13 bits per heavy atom. The van der Waals surface area contributed by atoms with Crippen LogP contribution in [0.3, 0.4) is 0 Å². The van der Waals surface area contributed by atoms with Gasteiger partial charge in [0.2, 0.25) is 0 Å². The fourth-order valence-electron chi connectivity index (χ4n) is 3.87. The van der Waals surface area contributed by atoms with E-state index in [1.54, 1.807) is 12.3 Å². The van der Waals surface area contributed by atoms with Crippen molar-refractivity contribution in [1.29, 1.82) is 0 Å². The first-order valence-electron chi connectivity index (χ1n) is 9.89. The Labute approximate surface area is 176 Å². The third-order valence-corrected chi connectivity index (χ3v) is 5.08. The number of nitrogens with zero attached hydrogens (tertiary/aromatic N) is 1. The first kappa shape index (κ1) is 23.2. The molecule has 0 atom stereocenters. The molecule has 3 heterocycles. The number of halogens is 6. The molecule has 1 fully saturated rings. The predicted molar refractivity (Wildman–Crippen MR) is 107 cm³/mol. The second-order valence-corrected chi connectivity index (χ2v) is 7.44. The van der Waals surface area contributed by atoms with Gasteiger partial charge in [-0.05, 0) is 0 Å². The van der Waals surface area contributed by atoms with E-state index in [0.717, 1.165) is 31.1 Å². The van der Waals surface area contributed by atoms with Gasteiger partial charge in [-0.2, -0.15) is 13.2 Å². The summed E-state index contributed by atoms with van der Waals surface area (Å²) in [7, 11) is 0. The number of ether oxygens (including phenoxy) is 1. The van der Waals surface area contributed by atoms with Crippen LogP contribution in [-0.4, -0.2) is 29.7 Å². The number of alkyl halides is 6. The number of aryl methyl sites for hydroxylation is 1. The molecule has 1 N–H and O–H groups in total. The smallest absolute Gasteiger partial charge is 0.174 e. The largest absolute Gasteiger partial charge is 0.379 e. The van der Waals surface area contributed by atoms with Crippen molar-refractivity contribution in [3.63, 3.8) is 0 Å². The minimum Gasteiger partial charge on any atom is -0.174 e. The van der Waals surface area contributed by atoms with Gasteiger partial charge < -0.3 is 0 Å². The first-order valence-corrected chi connectivity index (χ1v) is 9.89. The van der Waals surface area contributed by atoms with Gasteiger partial charge in [-0.15, -0.1) is 0 Å². The average Bonchev–Trinajstić information content (AvgIpc) is 3.11. The zero-order chi connectivity index (χ0) is 22.6. The van der Waals surface area contributed by atoms with Crippen LogP contribution >= 0.6 is 0 Å². The van der Waals surface area contributed by atoms with Gasteiger partial charge in [-0.25, -0.2) is 0 Å². The maximum absolute atomic E-state index is 13.5. The fourth-order valence-corrected chi connectivity index (χ4v) is 3.87. The quantitative estimate of drug-likeness (QED) is 0.454. The summed E-state index contributed by atoms with van der Waals surface area (Å²) >= 11 is 0. The van der Waals surface area contributed by atoms with Gasteiger partial charge in [0.1, 0.15) is 0 Å². The van der Waals surface area contributed by atoms with Gasteiger partial charge in [0.05, 0.1) is 0 Å². The zero-order valence-corrected chi connectivity index (χ0v) is 16.8. The van der Waals surface area contributed by atoms with Crippen LogP contribution in [0.5, 0.6) is 5.64 Å². The number of H-pyrrole nitrogens is 1. The number of pyridine rings is 1. The van der Waals surface area contributed by atoms with Crippen LogP contribution in [0.1, 0.15) is 43.3 Å². The Morgan fingerprint density at radius 2 is 1.81 bits per heavy atom. The number of aromatic nitrogens is 2. The molecule has 10 heteroatoms. The van der Waals surface area contributed by atoms with Crippen LogP contribution < -0.4 is 4.74 Å². The summed E-state index contributed by atoms with van der Waals surface area (Å²) in [5.41, 5.74) is 2.40. The molecule has 0 aromatic carbocycles. The summed E-state index contributed by atoms with van der Waals surface area (Å²) < 4.78 is 75.5. The molecule has 1 aliphatic rings. The number of hydrogen-bond acceptors (Lipinski definition) is 2. The first-order chi connectivity index (χ1) is 14.6. The zero-order valence-electron chi connectivity index (χ0n) is 16.8. The second kappa shape index (κ2) is 9.74. The molecule has 0 unspecified atom stereocenters. The number of hydrogen-bond donors (Lipinski definition) is 1. The van der Waals surface area contributed by atoms with Gasteiger partial charge in [0, 0.05) is 0 Å². The van der Waals surface area contributed by atoms with Crippen molar-refractivity contribution in [2.45, 2.75) is 58.0 Å². The normalized spacial score (nSPS) is 15.0. The summed E-state index contributed by atoms with van der Waals surface area (Å²) in [6.45, 7) is 0.199. The topological polar surface area (TPSA) is 37.9 Å². The van der Waals surface area contributed by atoms with E-state index in [1.165, 1.54) is 12.6 Å². The van der Waals surface area contributed by atoms with Crippen LogP contribution in [0.4, 0.5) is 26.3 Å². The van der Waals surface area contributed by atoms with E-state index in [0.29, 0.717) is 22.3 Å². The van der Waals surface area contributed by atoms with Gasteiger partial charge in [0.25, 0.3) is 0 Å². The van der Waals surface area contributed by atoms with Crippen LogP contribution in [0, 0.1) is 6.92 Å². The molecule has 0 spiro atoms. The molecule has 3 nitrogen and oxygen atoms in total. The molecular weight excluding hydrogens is 421 g/mol. The van der Waals surface area contributed by atoms with E-state index in [2.05, 4.69) is 9.97 Å². The maximum atomic E-state index is 13.5. The van der Waals surface area contributed by atoms with Gasteiger partial charge >= 0.3 is 162 Å². The molecule has 4 rings (SSSR count). The van der Waals surface area contributed by atoms with Crippen LogP contribution in [0.25, 0.3) is 22.0 Å². The van der Waals surface area contributed by atoms with Gasteiger partial charge in [-0.3, -0.25) is 0 Å². The molecule has 31 heavy (non-hydrogen) atoms. The summed E-state index contributed by atoms with van der Waals surface area (Å²) in [6, 6.07) is 5.27. The molecule has 0 aliphatic heterocycles. The number of fused-ring (bicyclic) bond motifs is 1. The van der Waals surface area contributed by atoms with Crippen LogP contribution in [-0.2, 0) is 6.18 Å². The molecule has 0 radical (unpaired) electrons. The number of nitrogens with one attached hydrogen (secondary N) is 1. The molecule has 0 saturated heterocycles. The minimum absolute atomic E-state index is 0.0965. The Bertz CT molecular complexity index is 1010. The van der Waals surface area contributed by atoms with Crippen molar-refractivity contribution in [3.05, 3.63) is 41.7 Å². The summed E-state index contributed by atoms with van der Waals surface area (Å²) in [4.78, 5) is 6.54. The van der Waals surface area contributed by atoms with Crippen molar-refractivity contribution < 1.29 is 31.1 Å². The average molecular weight is 442 g/mol. The third-order valence-electron chi connectivity index (χ3n) is 5.08. The number of aromatic amines is 1. The van der Waals surface area contributed by atoms with E-state index in [1.807, 2.05) is 26.0 Å². The Hall–Kier alpha value is -2.52. The Morgan fingerprint density at radius 3 is 2.45 bits per heavy atom. The van der Waals surface area contributed by atoms with E-state index in [9.17, 15) is 26.3 Å². The van der Waals surface area contributed by atoms with Crippen LogP contribution in [0.15, 0.2) is 30.6 Å². The second-order valence-electron chi connectivity index (χ2n) is 7.44. The van der Waals surface area contributed by atoms with Crippen molar-refractivity contribution >= 4 is 17.8 Å². The standard InChI is InChI=1S/C20H20BF3N2O.CHF3/c1-12-9-13(10-17(21-12)27-14-5-3-2-4-6-14)15-11-26-16-7-8-25-19(18(15)16)20(22,23)24;2-1(3)4/h7-11,14,26H,2-6H2,1H3;1H. The van der Waals surface area contributed by atoms with Gasteiger partial charge in [0.15, 0.2) is 0 Å². The molecule has 0 amide bonds. The van der Waals surface area contributed by atoms with Crippen molar-refractivity contribution in [2.24, 2.45) is 0 Å². The fraction of sp³-hybridized carbons (Fsp3) is 0.429. The van der Waals surface area contributed by atoms with Crippen LogP contribution in [0.2, 0.25) is 0 Å². The molecule has 0 bridgehead atoms. The molecule has 3 aromatic rings. The van der Waals surface area contributed by atoms with Gasteiger partial charge in [-0.1, -0.05) is 0 Å². The third kappa shape index (κ3) is 6.01. The van der Waals surface area contributed by atoms with E-state index in [-0.39, 0.29) is 11.5 Å². The van der Waals surface area contributed by atoms with E-state index in [4.69, 9.17) is 4.74 Å². The van der Waals surface area contributed by atoms with Crippen molar-refractivity contribution in [2.75, 3.05) is 0 Å². The van der Waals surface area contributed by atoms with E-state index >= 15 is 0 Å². The minimum atomic E-state index is -4.51. The molecule has 166 valence electrons. The molecule has 3 aromatic heterocycles. The Balaban J connectivity index is 0.000000628. The van der Waals surface area contributed by atoms with E-state index < -0.39 is 18.5 Å². The SMILES string of the molecule is Cc1bc(OC2CCCCC2)cc(-c2c[nH]c3ccnc(C(F)(F)F)c23)c1.FC(F)F. The molecule has 1 saturated carbocycles. The predicted octanol–water partition coefficient (Wildman–Crippen LogP) is 6.79. The number of rotatable bonds is 3. The van der Waals surface area contributed by atoms with Crippen molar-refractivity contribution in [3.8, 4) is 16.8 Å². The van der Waals surface area contributed by atoms with Crippen molar-refractivity contribution in [1.82, 2.24) is 9.97 Å². The monoisotopic (exact) mass is 442 g/mol. The summed E-state index contributed by atoms with van der Waals surface area (Å²) in [6.07, 6.45) is 4.07. The molecular formula is C21H21BF6N2O. The Kier molecular flexibility index (Phi) is 7.28.